The highest BCUT2D eigenvalue weighted by Gasteiger charge is 2.28. The summed E-state index contributed by atoms with van der Waals surface area (Å²) in [6.07, 6.45) is 0. The Morgan fingerprint density at radius 3 is 2.37 bits per heavy atom. The van der Waals surface area contributed by atoms with E-state index >= 15 is 0 Å². The van der Waals surface area contributed by atoms with Gasteiger partial charge in [0.05, 0.1) is 16.8 Å². The molecule has 0 bridgehead atoms. The first kappa shape index (κ1) is 19.3. The van der Waals surface area contributed by atoms with Gasteiger partial charge in [-0.2, -0.15) is 0 Å². The van der Waals surface area contributed by atoms with Crippen LogP contribution in [0.25, 0.3) is 0 Å². The molecule has 1 fully saturated rings. The van der Waals surface area contributed by atoms with E-state index in [1.807, 2.05) is 23.1 Å². The summed E-state index contributed by atoms with van der Waals surface area (Å²) in [7, 11) is 0. The van der Waals surface area contributed by atoms with Gasteiger partial charge in [-0.1, -0.05) is 29.8 Å². The molecule has 1 aliphatic heterocycles. The van der Waals surface area contributed by atoms with E-state index in [4.69, 9.17) is 11.6 Å². The minimum Gasteiger partial charge on any atom is -0.336 e. The zero-order valence-electron chi connectivity index (χ0n) is 15.0. The normalized spacial score (nSPS) is 16.0. The average Bonchev–Trinajstić information content (AvgIpc) is 2.69. The zero-order chi connectivity index (χ0) is 19.4. The summed E-state index contributed by atoms with van der Waals surface area (Å²) in [5, 5.41) is 2.90. The van der Waals surface area contributed by atoms with Crippen molar-refractivity contribution >= 4 is 29.1 Å². The maximum absolute atomic E-state index is 13.1. The van der Waals surface area contributed by atoms with E-state index in [0.29, 0.717) is 37.4 Å². The van der Waals surface area contributed by atoms with Crippen LogP contribution >= 0.6 is 11.6 Å². The minimum atomic E-state index is -0.453. The highest BCUT2D eigenvalue weighted by atomic mass is 35.5. The Labute approximate surface area is 162 Å². The monoisotopic (exact) mass is 389 g/mol. The molecule has 1 atom stereocenters. The molecule has 1 heterocycles. The number of hydrogen-bond donors (Lipinski definition) is 1. The second-order valence-electron chi connectivity index (χ2n) is 6.48. The van der Waals surface area contributed by atoms with Gasteiger partial charge in [0.1, 0.15) is 5.82 Å². The molecule has 7 heteroatoms. The summed E-state index contributed by atoms with van der Waals surface area (Å²) in [5.41, 5.74) is 1.05. The molecule has 0 spiro atoms. The zero-order valence-corrected chi connectivity index (χ0v) is 15.7. The summed E-state index contributed by atoms with van der Waals surface area (Å²) in [4.78, 5) is 28.8. The van der Waals surface area contributed by atoms with Crippen molar-refractivity contribution < 1.29 is 14.0 Å². The van der Waals surface area contributed by atoms with Crippen molar-refractivity contribution in [2.24, 2.45) is 0 Å². The number of amides is 2. The lowest BCUT2D eigenvalue weighted by Crippen LogP contribution is -2.54. The number of carbonyl (C=O) groups excluding carboxylic acids is 2. The smallest absolute Gasteiger partial charge is 0.253 e. The van der Waals surface area contributed by atoms with Gasteiger partial charge in [-0.3, -0.25) is 14.5 Å². The first-order valence-corrected chi connectivity index (χ1v) is 9.18. The molecule has 1 N–H and O–H groups in total. The molecule has 0 unspecified atom stereocenters. The molecular weight excluding hydrogens is 369 g/mol. The van der Waals surface area contributed by atoms with Gasteiger partial charge in [0.2, 0.25) is 5.91 Å². The highest BCUT2D eigenvalue weighted by Crippen LogP contribution is 2.23. The van der Waals surface area contributed by atoms with Crippen molar-refractivity contribution in [1.29, 1.82) is 0 Å². The Bertz CT molecular complexity index is 823. The predicted molar refractivity (Wildman–Crippen MR) is 103 cm³/mol. The summed E-state index contributed by atoms with van der Waals surface area (Å²) in [6.45, 7) is 4.13. The van der Waals surface area contributed by atoms with E-state index in [2.05, 4.69) is 5.32 Å². The van der Waals surface area contributed by atoms with Crippen molar-refractivity contribution in [1.82, 2.24) is 9.80 Å². The molecule has 0 saturated carbocycles. The van der Waals surface area contributed by atoms with Crippen LogP contribution in [0.15, 0.2) is 48.5 Å². The second kappa shape index (κ2) is 8.50. The van der Waals surface area contributed by atoms with Crippen LogP contribution in [-0.2, 0) is 4.79 Å². The van der Waals surface area contributed by atoms with Gasteiger partial charge in [0.25, 0.3) is 5.91 Å². The number of halogens is 2. The molecule has 5 nitrogen and oxygen atoms in total. The van der Waals surface area contributed by atoms with E-state index in [9.17, 15) is 14.0 Å². The van der Waals surface area contributed by atoms with Gasteiger partial charge >= 0.3 is 0 Å². The number of hydrogen-bond acceptors (Lipinski definition) is 3. The Morgan fingerprint density at radius 2 is 1.74 bits per heavy atom. The first-order valence-electron chi connectivity index (χ1n) is 8.80. The minimum absolute atomic E-state index is 0.00504. The molecule has 1 aliphatic rings. The standard InChI is InChI=1S/C20H21ClFN3O2/c1-14(19(26)23-18-8-7-16(22)13-17(18)21)24-9-11-25(12-10-24)20(27)15-5-3-2-4-6-15/h2-8,13-14H,9-12H2,1H3,(H,23,26)/t14-/m1/s1. The molecule has 27 heavy (non-hydrogen) atoms. The summed E-state index contributed by atoms with van der Waals surface area (Å²) >= 11 is 5.96. The lowest BCUT2D eigenvalue weighted by atomic mass is 10.1. The number of rotatable bonds is 4. The third-order valence-corrected chi connectivity index (χ3v) is 5.05. The molecular formula is C20H21ClFN3O2. The van der Waals surface area contributed by atoms with Crippen LogP contribution in [0.1, 0.15) is 17.3 Å². The number of piperazine rings is 1. The first-order chi connectivity index (χ1) is 13.0. The van der Waals surface area contributed by atoms with Crippen LogP contribution in [0, 0.1) is 5.82 Å². The van der Waals surface area contributed by atoms with Crippen molar-refractivity contribution in [2.45, 2.75) is 13.0 Å². The summed E-state index contributed by atoms with van der Waals surface area (Å²) in [6, 6.07) is 12.6. The van der Waals surface area contributed by atoms with Crippen molar-refractivity contribution in [2.75, 3.05) is 31.5 Å². The number of nitrogens with one attached hydrogen (secondary N) is 1. The molecule has 1 saturated heterocycles. The van der Waals surface area contributed by atoms with Crippen LogP contribution < -0.4 is 5.32 Å². The van der Waals surface area contributed by atoms with Crippen LogP contribution in [0.5, 0.6) is 0 Å². The van der Waals surface area contributed by atoms with Crippen molar-refractivity contribution in [3.05, 3.63) is 64.9 Å². The van der Waals surface area contributed by atoms with E-state index < -0.39 is 5.82 Å². The van der Waals surface area contributed by atoms with Crippen LogP contribution in [0.3, 0.4) is 0 Å². The predicted octanol–water partition coefficient (Wildman–Crippen LogP) is 3.26. The molecule has 0 aromatic heterocycles. The summed E-state index contributed by atoms with van der Waals surface area (Å²) in [5.74, 6) is -0.665. The fourth-order valence-corrected chi connectivity index (χ4v) is 3.28. The molecule has 2 amide bonds. The van der Waals surface area contributed by atoms with Crippen LogP contribution in [0.2, 0.25) is 5.02 Å². The molecule has 142 valence electrons. The van der Waals surface area contributed by atoms with Gasteiger partial charge in [0, 0.05) is 31.7 Å². The van der Waals surface area contributed by atoms with Crippen molar-refractivity contribution in [3.63, 3.8) is 0 Å². The maximum Gasteiger partial charge on any atom is 0.253 e. The third-order valence-electron chi connectivity index (χ3n) is 4.74. The fourth-order valence-electron chi connectivity index (χ4n) is 3.07. The van der Waals surface area contributed by atoms with Gasteiger partial charge in [-0.15, -0.1) is 0 Å². The fraction of sp³-hybridized carbons (Fsp3) is 0.300. The van der Waals surface area contributed by atoms with Crippen LogP contribution in [-0.4, -0.2) is 53.8 Å². The van der Waals surface area contributed by atoms with Gasteiger partial charge < -0.3 is 10.2 Å². The van der Waals surface area contributed by atoms with E-state index in [-0.39, 0.29) is 22.9 Å². The largest absolute Gasteiger partial charge is 0.336 e. The lowest BCUT2D eigenvalue weighted by molar-refractivity contribution is -0.121. The van der Waals surface area contributed by atoms with Crippen molar-refractivity contribution in [3.8, 4) is 0 Å². The van der Waals surface area contributed by atoms with Gasteiger partial charge in [-0.05, 0) is 37.3 Å². The number of carbonyl (C=O) groups is 2. The van der Waals surface area contributed by atoms with Gasteiger partial charge in [-0.25, -0.2) is 4.39 Å². The van der Waals surface area contributed by atoms with Crippen LogP contribution in [0.4, 0.5) is 10.1 Å². The van der Waals surface area contributed by atoms with E-state index in [0.717, 1.165) is 6.07 Å². The highest BCUT2D eigenvalue weighted by molar-refractivity contribution is 6.33. The lowest BCUT2D eigenvalue weighted by Gasteiger charge is -2.37. The second-order valence-corrected chi connectivity index (χ2v) is 6.89. The Hall–Kier alpha value is -2.44. The molecule has 3 rings (SSSR count). The van der Waals surface area contributed by atoms with Gasteiger partial charge in [0.15, 0.2) is 0 Å². The third kappa shape index (κ3) is 4.64. The quantitative estimate of drug-likeness (QED) is 0.873. The number of benzene rings is 2. The maximum atomic E-state index is 13.1. The Morgan fingerprint density at radius 1 is 1.07 bits per heavy atom. The average molecular weight is 390 g/mol. The summed E-state index contributed by atoms with van der Waals surface area (Å²) < 4.78 is 13.1. The Balaban J connectivity index is 1.55. The van der Waals surface area contributed by atoms with E-state index in [1.165, 1.54) is 12.1 Å². The molecule has 0 aliphatic carbocycles. The topological polar surface area (TPSA) is 52.7 Å². The molecule has 2 aromatic carbocycles. The Kier molecular flexibility index (Phi) is 6.08. The molecule has 0 radical (unpaired) electrons. The molecule has 2 aromatic rings. The van der Waals surface area contributed by atoms with E-state index in [1.54, 1.807) is 24.0 Å². The SMILES string of the molecule is C[C@H](C(=O)Nc1ccc(F)cc1Cl)N1CCN(C(=O)c2ccccc2)CC1. The number of nitrogens with zero attached hydrogens (tertiary/aromatic N) is 2. The number of anilines is 1.